The molecule has 7 heteroatoms. The van der Waals surface area contributed by atoms with Gasteiger partial charge in [0.05, 0.1) is 29.0 Å². The summed E-state index contributed by atoms with van der Waals surface area (Å²) in [5.41, 5.74) is 11.5. The van der Waals surface area contributed by atoms with Gasteiger partial charge in [0.1, 0.15) is 5.75 Å². The summed E-state index contributed by atoms with van der Waals surface area (Å²) < 4.78 is 28.8. The number of amides is 1. The van der Waals surface area contributed by atoms with Gasteiger partial charge in [-0.15, -0.1) is 0 Å². The molecule has 4 N–H and O–H groups in total. The fourth-order valence-corrected chi connectivity index (χ4v) is 2.74. The molecule has 0 aromatic heterocycles. The van der Waals surface area contributed by atoms with E-state index in [1.807, 2.05) is 0 Å². The van der Waals surface area contributed by atoms with Crippen LogP contribution in [0.2, 0.25) is 0 Å². The Morgan fingerprint density at radius 2 is 2.00 bits per heavy atom. The second-order valence-electron chi connectivity index (χ2n) is 3.76. The van der Waals surface area contributed by atoms with Gasteiger partial charge in [-0.25, -0.2) is 8.42 Å². The molecule has 0 radical (unpaired) electrons. The van der Waals surface area contributed by atoms with Gasteiger partial charge in [-0.3, -0.25) is 4.79 Å². The number of rotatable bonds is 4. The first-order chi connectivity index (χ1) is 8.26. The Kier molecular flexibility index (Phi) is 3.85. The fraction of sp³-hybridized carbons (Fsp3) is 0.364. The van der Waals surface area contributed by atoms with Gasteiger partial charge < -0.3 is 16.2 Å². The van der Waals surface area contributed by atoms with E-state index in [-0.39, 0.29) is 27.6 Å². The average molecular weight is 272 g/mol. The molecule has 18 heavy (non-hydrogen) atoms. The topological polar surface area (TPSA) is 112 Å². The van der Waals surface area contributed by atoms with Crippen LogP contribution in [0.25, 0.3) is 0 Å². The van der Waals surface area contributed by atoms with E-state index in [9.17, 15) is 13.2 Å². The molecule has 0 atom stereocenters. The molecule has 0 fully saturated rings. The Labute approximate surface area is 106 Å². The van der Waals surface area contributed by atoms with Gasteiger partial charge in [0.2, 0.25) is 0 Å². The van der Waals surface area contributed by atoms with E-state index >= 15 is 0 Å². The molecule has 1 aromatic rings. The van der Waals surface area contributed by atoms with Gasteiger partial charge in [0.15, 0.2) is 9.84 Å². The number of nitrogens with two attached hydrogens (primary N) is 2. The quantitative estimate of drug-likeness (QED) is 0.774. The number of hydrogen-bond acceptors (Lipinski definition) is 5. The molecule has 1 aromatic carbocycles. The lowest BCUT2D eigenvalue weighted by Gasteiger charge is -2.15. The van der Waals surface area contributed by atoms with Gasteiger partial charge in [-0.2, -0.15) is 0 Å². The molecule has 0 saturated heterocycles. The molecule has 6 nitrogen and oxygen atoms in total. The second kappa shape index (κ2) is 4.85. The van der Waals surface area contributed by atoms with Crippen molar-refractivity contribution in [2.75, 3.05) is 18.6 Å². The zero-order valence-electron chi connectivity index (χ0n) is 10.5. The average Bonchev–Trinajstić information content (AvgIpc) is 2.31. The Balaban J connectivity index is 3.74. The largest absolute Gasteiger partial charge is 0.496 e. The third-order valence-electron chi connectivity index (χ3n) is 2.71. The first-order valence-corrected chi connectivity index (χ1v) is 6.91. The molecule has 0 aliphatic heterocycles. The number of hydrogen-bond donors (Lipinski definition) is 2. The lowest BCUT2D eigenvalue weighted by Crippen LogP contribution is -2.17. The predicted octanol–water partition coefficient (Wildman–Crippen LogP) is 0.478. The Morgan fingerprint density at radius 3 is 2.39 bits per heavy atom. The van der Waals surface area contributed by atoms with E-state index in [4.69, 9.17) is 16.2 Å². The van der Waals surface area contributed by atoms with E-state index in [2.05, 4.69) is 0 Å². The summed E-state index contributed by atoms with van der Waals surface area (Å²) in [5.74, 6) is -0.668. The van der Waals surface area contributed by atoms with Gasteiger partial charge >= 0.3 is 0 Å². The van der Waals surface area contributed by atoms with Crippen molar-refractivity contribution in [3.8, 4) is 5.75 Å². The smallest absolute Gasteiger partial charge is 0.252 e. The van der Waals surface area contributed by atoms with Crippen molar-refractivity contribution in [2.45, 2.75) is 18.7 Å². The van der Waals surface area contributed by atoms with Crippen LogP contribution < -0.4 is 16.2 Å². The standard InChI is InChI=1S/C11H16N2O4S/c1-4-18(15,16)8-5-7(11(13)14)10(17-3)6(2)9(8)12/h5H,4,12H2,1-3H3,(H2,13,14). The van der Waals surface area contributed by atoms with Crippen molar-refractivity contribution in [1.82, 2.24) is 0 Å². The molecule has 0 bridgehead atoms. The highest BCUT2D eigenvalue weighted by molar-refractivity contribution is 7.91. The van der Waals surface area contributed by atoms with Crippen molar-refractivity contribution >= 4 is 21.4 Å². The molecule has 100 valence electrons. The Morgan fingerprint density at radius 1 is 1.44 bits per heavy atom. The highest BCUT2D eigenvalue weighted by Gasteiger charge is 2.23. The number of benzene rings is 1. The van der Waals surface area contributed by atoms with Gasteiger partial charge in [-0.1, -0.05) is 6.92 Å². The van der Waals surface area contributed by atoms with Crippen molar-refractivity contribution in [2.24, 2.45) is 5.73 Å². The molecule has 1 amide bonds. The van der Waals surface area contributed by atoms with Crippen LogP contribution in [-0.4, -0.2) is 27.2 Å². The summed E-state index contributed by atoms with van der Waals surface area (Å²) in [6.07, 6.45) is 0. The van der Waals surface area contributed by atoms with Crippen molar-refractivity contribution in [1.29, 1.82) is 0 Å². The Bertz CT molecular complexity index is 594. The zero-order valence-corrected chi connectivity index (χ0v) is 11.3. The summed E-state index contributed by atoms with van der Waals surface area (Å²) in [6.45, 7) is 3.08. The van der Waals surface area contributed by atoms with E-state index in [0.717, 1.165) is 0 Å². The summed E-state index contributed by atoms with van der Waals surface area (Å²) in [4.78, 5) is 11.2. The van der Waals surface area contributed by atoms with Crippen LogP contribution >= 0.6 is 0 Å². The second-order valence-corrected chi connectivity index (χ2v) is 6.01. The minimum absolute atomic E-state index is 0.0104. The number of primary amides is 1. The van der Waals surface area contributed by atoms with Gasteiger partial charge in [-0.05, 0) is 13.0 Å². The summed E-state index contributed by atoms with van der Waals surface area (Å²) in [7, 11) is -2.16. The molecule has 0 saturated carbocycles. The molecule has 0 unspecified atom stereocenters. The van der Waals surface area contributed by atoms with Crippen LogP contribution in [0.5, 0.6) is 5.75 Å². The first kappa shape index (κ1) is 14.3. The summed E-state index contributed by atoms with van der Waals surface area (Å²) >= 11 is 0. The van der Waals surface area contributed by atoms with Crippen LogP contribution in [0.15, 0.2) is 11.0 Å². The number of methoxy groups -OCH3 is 1. The van der Waals surface area contributed by atoms with E-state index in [1.54, 1.807) is 6.92 Å². The molecular weight excluding hydrogens is 256 g/mol. The van der Waals surface area contributed by atoms with Gasteiger partial charge in [0.25, 0.3) is 5.91 Å². The maximum absolute atomic E-state index is 11.9. The number of sulfone groups is 1. The van der Waals surface area contributed by atoms with Crippen LogP contribution in [0.4, 0.5) is 5.69 Å². The summed E-state index contributed by atoms with van der Waals surface area (Å²) in [6, 6.07) is 1.17. The lowest BCUT2D eigenvalue weighted by molar-refractivity contribution is 0.0997. The minimum Gasteiger partial charge on any atom is -0.496 e. The molecule has 0 aliphatic carbocycles. The van der Waals surface area contributed by atoms with Crippen molar-refractivity contribution < 1.29 is 17.9 Å². The normalized spacial score (nSPS) is 11.3. The Hall–Kier alpha value is -1.76. The van der Waals surface area contributed by atoms with Crippen molar-refractivity contribution in [3.05, 3.63) is 17.2 Å². The van der Waals surface area contributed by atoms with E-state index < -0.39 is 15.7 Å². The minimum atomic E-state index is -3.52. The fourth-order valence-electron chi connectivity index (χ4n) is 1.64. The molecule has 1 rings (SSSR count). The van der Waals surface area contributed by atoms with Gasteiger partial charge in [0, 0.05) is 5.56 Å². The lowest BCUT2D eigenvalue weighted by atomic mass is 10.1. The zero-order chi connectivity index (χ0) is 14.1. The van der Waals surface area contributed by atoms with Crippen LogP contribution in [0.3, 0.4) is 0 Å². The van der Waals surface area contributed by atoms with Crippen molar-refractivity contribution in [3.63, 3.8) is 0 Å². The molecule has 0 heterocycles. The highest BCUT2D eigenvalue weighted by atomic mass is 32.2. The molecule has 0 spiro atoms. The molecule has 0 aliphatic rings. The van der Waals surface area contributed by atoms with E-state index in [0.29, 0.717) is 5.56 Å². The molecular formula is C11H16N2O4S. The number of ether oxygens (including phenoxy) is 1. The number of anilines is 1. The number of carbonyl (C=O) groups excluding carboxylic acids is 1. The number of nitrogen functional groups attached to an aromatic ring is 1. The summed E-state index contributed by atoms with van der Waals surface area (Å²) in [5, 5.41) is 0. The van der Waals surface area contributed by atoms with Crippen LogP contribution in [0, 0.1) is 6.92 Å². The van der Waals surface area contributed by atoms with E-state index in [1.165, 1.54) is 20.1 Å². The van der Waals surface area contributed by atoms with Crippen LogP contribution in [-0.2, 0) is 9.84 Å². The maximum Gasteiger partial charge on any atom is 0.252 e. The van der Waals surface area contributed by atoms with Crippen LogP contribution in [0.1, 0.15) is 22.8 Å². The highest BCUT2D eigenvalue weighted by Crippen LogP contribution is 2.34. The third kappa shape index (κ3) is 2.26. The first-order valence-electron chi connectivity index (χ1n) is 5.25. The SMILES string of the molecule is CCS(=O)(=O)c1cc(C(N)=O)c(OC)c(C)c1N. The monoisotopic (exact) mass is 272 g/mol. The predicted molar refractivity (Wildman–Crippen MR) is 68.4 cm³/mol. The maximum atomic E-state index is 11.9. The third-order valence-corrected chi connectivity index (χ3v) is 4.48. The number of carbonyl (C=O) groups is 1.